The Morgan fingerprint density at radius 3 is 2.58 bits per heavy atom. The van der Waals surface area contributed by atoms with Gasteiger partial charge in [0.2, 0.25) is 0 Å². The zero-order valence-electron chi connectivity index (χ0n) is 19.5. The fourth-order valence-corrected chi connectivity index (χ4v) is 5.55. The van der Waals surface area contributed by atoms with E-state index in [4.69, 9.17) is 16.4 Å². The maximum atomic E-state index is 13.4. The molecule has 1 aromatic heterocycles. The van der Waals surface area contributed by atoms with Crippen molar-refractivity contribution in [1.82, 2.24) is 19.4 Å². The molecule has 0 spiro atoms. The SMILES string of the molecule is Cn1c2c(c(=O)n(C)c1=O)N(Cc1ccccc1Cl)C(N1CCC3CNCC31)N2OC(=O)C(F)(F)F. The number of anilines is 2. The monoisotopic (exact) mass is 528 g/mol. The lowest BCUT2D eigenvalue weighted by atomic mass is 10.1. The highest BCUT2D eigenvalue weighted by atomic mass is 35.5. The van der Waals surface area contributed by atoms with Crippen molar-refractivity contribution in [3.63, 3.8) is 0 Å². The van der Waals surface area contributed by atoms with E-state index in [9.17, 15) is 27.6 Å². The molecule has 3 aliphatic heterocycles. The Balaban J connectivity index is 1.71. The average molecular weight is 529 g/mol. The quantitative estimate of drug-likeness (QED) is 0.632. The van der Waals surface area contributed by atoms with E-state index < -0.39 is 29.7 Å². The van der Waals surface area contributed by atoms with E-state index in [0.29, 0.717) is 23.7 Å². The van der Waals surface area contributed by atoms with Crippen LogP contribution in [0.2, 0.25) is 5.02 Å². The molecule has 0 amide bonds. The standard InChI is InChI=1S/C22H24ClF3N6O4/c1-28-17-16(18(33)29(2)21(28)35)31(11-13-5-3-4-6-14(13)23)20(32(17)36-19(34)22(24,25)26)30-8-7-12-9-27-10-15(12)30/h3-6,12,15,20,27H,7-11H2,1-2H3. The molecule has 2 aromatic rings. The number of aromatic nitrogens is 2. The molecule has 0 bridgehead atoms. The van der Waals surface area contributed by atoms with Crippen molar-refractivity contribution < 1.29 is 22.8 Å². The van der Waals surface area contributed by atoms with Gasteiger partial charge in [-0.2, -0.15) is 13.2 Å². The Hall–Kier alpha value is -3.03. The van der Waals surface area contributed by atoms with Gasteiger partial charge in [-0.1, -0.05) is 29.8 Å². The lowest BCUT2D eigenvalue weighted by Gasteiger charge is -2.39. The van der Waals surface area contributed by atoms with Crippen LogP contribution in [0.4, 0.5) is 24.7 Å². The first-order valence-corrected chi connectivity index (χ1v) is 11.7. The van der Waals surface area contributed by atoms with Crippen LogP contribution in [0.3, 0.4) is 0 Å². The van der Waals surface area contributed by atoms with Crippen LogP contribution < -0.4 is 26.5 Å². The summed E-state index contributed by atoms with van der Waals surface area (Å²) in [6, 6.07) is 6.80. The predicted octanol–water partition coefficient (Wildman–Crippen LogP) is 1.16. The summed E-state index contributed by atoms with van der Waals surface area (Å²) < 4.78 is 41.9. The first-order valence-electron chi connectivity index (χ1n) is 11.4. The summed E-state index contributed by atoms with van der Waals surface area (Å²) in [5, 5.41) is 4.44. The zero-order valence-corrected chi connectivity index (χ0v) is 20.2. The molecule has 5 rings (SSSR count). The van der Waals surface area contributed by atoms with Crippen molar-refractivity contribution in [2.75, 3.05) is 29.6 Å². The van der Waals surface area contributed by atoms with Crippen LogP contribution in [0.25, 0.3) is 0 Å². The molecule has 3 aliphatic rings. The molecule has 36 heavy (non-hydrogen) atoms. The average Bonchev–Trinajstić information content (AvgIpc) is 3.51. The van der Waals surface area contributed by atoms with Crippen molar-refractivity contribution in [2.24, 2.45) is 20.0 Å². The van der Waals surface area contributed by atoms with Crippen molar-refractivity contribution in [1.29, 1.82) is 0 Å². The minimum Gasteiger partial charge on any atom is -0.327 e. The second-order valence-electron chi connectivity index (χ2n) is 9.16. The largest absolute Gasteiger partial charge is 0.493 e. The van der Waals surface area contributed by atoms with Gasteiger partial charge in [0.15, 0.2) is 17.8 Å². The Kier molecular flexibility index (Phi) is 6.04. The number of halogens is 4. The van der Waals surface area contributed by atoms with Crippen LogP contribution in [-0.2, 0) is 30.3 Å². The molecule has 4 heterocycles. The smallest absolute Gasteiger partial charge is 0.327 e. The third kappa shape index (κ3) is 3.85. The molecule has 0 radical (unpaired) electrons. The maximum Gasteiger partial charge on any atom is 0.493 e. The van der Waals surface area contributed by atoms with Crippen molar-refractivity contribution in [2.45, 2.75) is 31.5 Å². The number of benzene rings is 1. The number of nitrogens with zero attached hydrogens (tertiary/aromatic N) is 5. The molecule has 0 aliphatic carbocycles. The van der Waals surface area contributed by atoms with E-state index in [-0.39, 0.29) is 30.0 Å². The lowest BCUT2D eigenvalue weighted by Crippen LogP contribution is -2.59. The molecule has 2 fully saturated rings. The van der Waals surface area contributed by atoms with Crippen molar-refractivity contribution in [3.8, 4) is 0 Å². The normalized spacial score (nSPS) is 23.8. The second kappa shape index (κ2) is 8.82. The number of carbonyl (C=O) groups excluding carboxylic acids is 1. The van der Waals surface area contributed by atoms with Gasteiger partial charge in [-0.05, 0) is 30.5 Å². The van der Waals surface area contributed by atoms with Gasteiger partial charge >= 0.3 is 17.8 Å². The van der Waals surface area contributed by atoms with Crippen molar-refractivity contribution in [3.05, 3.63) is 55.7 Å². The minimum absolute atomic E-state index is 0.0200. The molecule has 1 N–H and O–H groups in total. The zero-order chi connectivity index (χ0) is 25.9. The number of rotatable bonds is 4. The molecule has 0 saturated carbocycles. The second-order valence-corrected chi connectivity index (χ2v) is 9.57. The summed E-state index contributed by atoms with van der Waals surface area (Å²) in [7, 11) is 2.60. The number of hydroxylamine groups is 1. The van der Waals surface area contributed by atoms with Crippen LogP contribution in [0, 0.1) is 5.92 Å². The van der Waals surface area contributed by atoms with E-state index in [1.54, 1.807) is 29.2 Å². The summed E-state index contributed by atoms with van der Waals surface area (Å²) in [6.07, 6.45) is -5.64. The highest BCUT2D eigenvalue weighted by Gasteiger charge is 2.54. The number of carbonyl (C=O) groups is 1. The molecule has 194 valence electrons. The fourth-order valence-electron chi connectivity index (χ4n) is 5.36. The molecule has 10 nitrogen and oxygen atoms in total. The number of fused-ring (bicyclic) bond motifs is 2. The van der Waals surface area contributed by atoms with Gasteiger partial charge in [0, 0.05) is 44.8 Å². The summed E-state index contributed by atoms with van der Waals surface area (Å²) in [5.41, 5.74) is -0.952. The van der Waals surface area contributed by atoms with Gasteiger partial charge < -0.3 is 15.1 Å². The van der Waals surface area contributed by atoms with Gasteiger partial charge in [-0.15, -0.1) is 5.06 Å². The van der Waals surface area contributed by atoms with Gasteiger partial charge in [0.25, 0.3) is 5.56 Å². The molecule has 14 heteroatoms. The number of alkyl halides is 3. The Morgan fingerprint density at radius 2 is 1.89 bits per heavy atom. The summed E-state index contributed by atoms with van der Waals surface area (Å²) in [5.74, 6) is -2.44. The van der Waals surface area contributed by atoms with Gasteiger partial charge in [-0.3, -0.25) is 18.8 Å². The maximum absolute atomic E-state index is 13.4. The number of hydrogen-bond acceptors (Lipinski definition) is 8. The van der Waals surface area contributed by atoms with Crippen LogP contribution in [0.1, 0.15) is 12.0 Å². The fraction of sp³-hybridized carbons (Fsp3) is 0.500. The molecule has 3 atom stereocenters. The van der Waals surface area contributed by atoms with E-state index in [1.807, 2.05) is 4.90 Å². The Labute approximate surface area is 208 Å². The third-order valence-electron chi connectivity index (χ3n) is 7.09. The van der Waals surface area contributed by atoms with Crippen molar-refractivity contribution >= 4 is 29.1 Å². The molecular weight excluding hydrogens is 505 g/mol. The summed E-state index contributed by atoms with van der Waals surface area (Å²) in [6.45, 7) is 1.83. The topological polar surface area (TPSA) is 92.1 Å². The van der Waals surface area contributed by atoms with Gasteiger partial charge in [0.1, 0.15) is 0 Å². The van der Waals surface area contributed by atoms with E-state index in [2.05, 4.69) is 5.32 Å². The summed E-state index contributed by atoms with van der Waals surface area (Å²) >= 11 is 6.40. The first kappa shape index (κ1) is 24.7. The van der Waals surface area contributed by atoms with E-state index in [0.717, 1.165) is 27.2 Å². The molecule has 3 unspecified atom stereocenters. The van der Waals surface area contributed by atoms with Crippen LogP contribution in [0.15, 0.2) is 33.9 Å². The van der Waals surface area contributed by atoms with E-state index in [1.165, 1.54) is 14.1 Å². The molecular formula is C22H24ClF3N6O4. The van der Waals surface area contributed by atoms with Crippen LogP contribution in [0.5, 0.6) is 0 Å². The highest BCUT2D eigenvalue weighted by Crippen LogP contribution is 2.43. The third-order valence-corrected chi connectivity index (χ3v) is 7.46. The first-order chi connectivity index (χ1) is 17.0. The van der Waals surface area contributed by atoms with Gasteiger partial charge in [0.05, 0.1) is 0 Å². The molecule has 1 aromatic carbocycles. The highest BCUT2D eigenvalue weighted by molar-refractivity contribution is 6.31. The summed E-state index contributed by atoms with van der Waals surface area (Å²) in [4.78, 5) is 46.6. The van der Waals surface area contributed by atoms with Crippen LogP contribution >= 0.6 is 11.6 Å². The van der Waals surface area contributed by atoms with E-state index >= 15 is 0 Å². The number of nitrogens with one attached hydrogen (secondary N) is 1. The Bertz CT molecular complexity index is 1330. The predicted molar refractivity (Wildman–Crippen MR) is 124 cm³/mol. The van der Waals surface area contributed by atoms with Gasteiger partial charge in [-0.25, -0.2) is 9.59 Å². The minimum atomic E-state index is -5.29. The molecule has 2 saturated heterocycles. The number of hydrogen-bond donors (Lipinski definition) is 1. The number of likely N-dealkylation sites (tertiary alicyclic amines) is 1. The van der Waals surface area contributed by atoms with Crippen LogP contribution in [-0.4, -0.2) is 58.1 Å². The Morgan fingerprint density at radius 1 is 1.17 bits per heavy atom. The lowest BCUT2D eigenvalue weighted by molar-refractivity contribution is -0.203.